The van der Waals surface area contributed by atoms with Crippen LogP contribution >= 0.6 is 0 Å². The molecular formula is C13H13NO6. The second-order valence-corrected chi connectivity index (χ2v) is 3.64. The van der Waals surface area contributed by atoms with Crippen LogP contribution in [0.2, 0.25) is 0 Å². The van der Waals surface area contributed by atoms with Gasteiger partial charge in [0.25, 0.3) is 5.88 Å². The Hall–Kier alpha value is -2.57. The van der Waals surface area contributed by atoms with Crippen LogP contribution in [0.25, 0.3) is 0 Å². The highest BCUT2D eigenvalue weighted by atomic mass is 16.6. The summed E-state index contributed by atoms with van der Waals surface area (Å²) in [5.41, 5.74) is -0.189. The van der Waals surface area contributed by atoms with Crippen molar-refractivity contribution >= 4 is 11.9 Å². The van der Waals surface area contributed by atoms with E-state index in [0.717, 1.165) is 0 Å². The molecule has 1 aliphatic heterocycles. The van der Waals surface area contributed by atoms with Crippen molar-refractivity contribution in [2.45, 2.75) is 13.8 Å². The van der Waals surface area contributed by atoms with Gasteiger partial charge in [0, 0.05) is 6.07 Å². The maximum Gasteiger partial charge on any atom is 0.357 e. The van der Waals surface area contributed by atoms with Crippen LogP contribution in [0.1, 0.15) is 34.7 Å². The fraction of sp³-hybridized carbons (Fsp3) is 0.308. The molecule has 2 rings (SSSR count). The Balaban J connectivity index is 2.46. The van der Waals surface area contributed by atoms with Crippen molar-refractivity contribution in [1.29, 1.82) is 0 Å². The first-order valence-electron chi connectivity index (χ1n) is 6.05. The van der Waals surface area contributed by atoms with E-state index < -0.39 is 11.9 Å². The first-order chi connectivity index (χ1) is 9.67. The van der Waals surface area contributed by atoms with Gasteiger partial charge < -0.3 is 18.9 Å². The maximum atomic E-state index is 11.9. The summed E-state index contributed by atoms with van der Waals surface area (Å²) in [5.74, 6) is -1.09. The SMILES string of the molecule is CCOC(=O)c1cc2c(nc1C(=O)OCC)OC=CO2. The van der Waals surface area contributed by atoms with Crippen LogP contribution in [-0.4, -0.2) is 30.1 Å². The fourth-order valence-electron chi connectivity index (χ4n) is 1.56. The van der Waals surface area contributed by atoms with Crippen molar-refractivity contribution in [1.82, 2.24) is 4.98 Å². The van der Waals surface area contributed by atoms with Crippen LogP contribution in [0, 0.1) is 0 Å². The van der Waals surface area contributed by atoms with Gasteiger partial charge in [0.05, 0.1) is 18.8 Å². The van der Waals surface area contributed by atoms with Crippen LogP contribution < -0.4 is 9.47 Å². The van der Waals surface area contributed by atoms with E-state index in [9.17, 15) is 9.59 Å². The predicted molar refractivity (Wildman–Crippen MR) is 66.5 cm³/mol. The van der Waals surface area contributed by atoms with Crippen molar-refractivity contribution in [3.63, 3.8) is 0 Å². The first kappa shape index (κ1) is 13.9. The van der Waals surface area contributed by atoms with Gasteiger partial charge in [-0.3, -0.25) is 0 Å². The third-order valence-electron chi connectivity index (χ3n) is 2.35. The number of hydrogen-bond acceptors (Lipinski definition) is 7. The number of hydrogen-bond donors (Lipinski definition) is 0. The number of carbonyl (C=O) groups excluding carboxylic acids is 2. The smallest absolute Gasteiger partial charge is 0.357 e. The van der Waals surface area contributed by atoms with Gasteiger partial charge in [0.2, 0.25) is 0 Å². The van der Waals surface area contributed by atoms with Crippen LogP contribution in [0.15, 0.2) is 18.6 Å². The molecule has 0 N–H and O–H groups in total. The number of fused-ring (bicyclic) bond motifs is 1. The van der Waals surface area contributed by atoms with Gasteiger partial charge in [-0.15, -0.1) is 0 Å². The number of pyridine rings is 1. The molecule has 0 aliphatic carbocycles. The molecule has 7 nitrogen and oxygen atoms in total. The Bertz CT molecular complexity index is 517. The molecule has 0 amide bonds. The molecule has 0 atom stereocenters. The van der Waals surface area contributed by atoms with Crippen LogP contribution in [-0.2, 0) is 9.47 Å². The molecule has 0 saturated heterocycles. The second-order valence-electron chi connectivity index (χ2n) is 3.64. The highest BCUT2D eigenvalue weighted by Gasteiger charge is 2.26. The van der Waals surface area contributed by atoms with Crippen molar-refractivity contribution in [2.75, 3.05) is 13.2 Å². The lowest BCUT2D eigenvalue weighted by Gasteiger charge is -2.14. The van der Waals surface area contributed by atoms with Crippen LogP contribution in [0.5, 0.6) is 11.6 Å². The number of carbonyl (C=O) groups is 2. The highest BCUT2D eigenvalue weighted by Crippen LogP contribution is 2.31. The molecular weight excluding hydrogens is 266 g/mol. The highest BCUT2D eigenvalue weighted by molar-refractivity contribution is 6.02. The van der Waals surface area contributed by atoms with Gasteiger partial charge in [-0.25, -0.2) is 14.6 Å². The van der Waals surface area contributed by atoms with E-state index in [0.29, 0.717) is 0 Å². The Kier molecular flexibility index (Phi) is 4.19. The lowest BCUT2D eigenvalue weighted by Crippen LogP contribution is -2.17. The number of rotatable bonds is 4. The Morgan fingerprint density at radius 3 is 2.45 bits per heavy atom. The van der Waals surface area contributed by atoms with E-state index in [4.69, 9.17) is 18.9 Å². The number of nitrogens with zero attached hydrogens (tertiary/aromatic N) is 1. The molecule has 0 unspecified atom stereocenters. The van der Waals surface area contributed by atoms with E-state index in [-0.39, 0.29) is 36.1 Å². The van der Waals surface area contributed by atoms with E-state index >= 15 is 0 Å². The molecule has 106 valence electrons. The summed E-state index contributed by atoms with van der Waals surface area (Å²) in [6.45, 7) is 3.66. The van der Waals surface area contributed by atoms with Crippen molar-refractivity contribution in [3.05, 3.63) is 29.8 Å². The molecule has 0 bridgehead atoms. The minimum absolute atomic E-state index is 0.0250. The van der Waals surface area contributed by atoms with E-state index in [1.54, 1.807) is 13.8 Å². The minimum Gasteiger partial charge on any atom is -0.462 e. The van der Waals surface area contributed by atoms with E-state index in [1.165, 1.54) is 18.6 Å². The molecule has 7 heteroatoms. The van der Waals surface area contributed by atoms with Gasteiger partial charge in [0.15, 0.2) is 11.4 Å². The number of aromatic nitrogens is 1. The third kappa shape index (κ3) is 2.71. The standard InChI is InChI=1S/C13H13NO6/c1-3-17-12(15)8-7-9-11(20-6-5-19-9)14-10(8)13(16)18-4-2/h5-7H,3-4H2,1-2H3. The summed E-state index contributed by atoms with van der Waals surface area (Å²) >= 11 is 0. The maximum absolute atomic E-state index is 11.9. The molecule has 1 aromatic heterocycles. The van der Waals surface area contributed by atoms with Crippen LogP contribution in [0.3, 0.4) is 0 Å². The van der Waals surface area contributed by atoms with E-state index in [1.807, 2.05) is 0 Å². The zero-order chi connectivity index (χ0) is 14.5. The van der Waals surface area contributed by atoms with Gasteiger partial charge in [-0.2, -0.15) is 0 Å². The summed E-state index contributed by atoms with van der Waals surface area (Å²) < 4.78 is 20.0. The van der Waals surface area contributed by atoms with Gasteiger partial charge in [0.1, 0.15) is 12.5 Å². The van der Waals surface area contributed by atoms with Crippen molar-refractivity contribution < 1.29 is 28.5 Å². The third-order valence-corrected chi connectivity index (χ3v) is 2.35. The first-order valence-corrected chi connectivity index (χ1v) is 6.05. The summed E-state index contributed by atoms with van der Waals surface area (Å²) in [6, 6.07) is 1.34. The van der Waals surface area contributed by atoms with Crippen molar-refractivity contribution in [2.24, 2.45) is 0 Å². The Morgan fingerprint density at radius 1 is 1.10 bits per heavy atom. The molecule has 1 aromatic rings. The Labute approximate surface area is 115 Å². The summed E-state index contributed by atoms with van der Waals surface area (Å²) in [7, 11) is 0. The zero-order valence-corrected chi connectivity index (χ0v) is 11.0. The van der Waals surface area contributed by atoms with E-state index in [2.05, 4.69) is 4.98 Å². The topological polar surface area (TPSA) is 84.0 Å². The monoisotopic (exact) mass is 279 g/mol. The number of ether oxygens (including phenoxy) is 4. The summed E-state index contributed by atoms with van der Waals surface area (Å²) in [5, 5.41) is 0. The van der Waals surface area contributed by atoms with Crippen LogP contribution in [0.4, 0.5) is 0 Å². The predicted octanol–water partition coefficient (Wildman–Crippen LogP) is 1.68. The summed E-state index contributed by atoms with van der Waals surface area (Å²) in [6.07, 6.45) is 2.57. The largest absolute Gasteiger partial charge is 0.462 e. The lowest BCUT2D eigenvalue weighted by molar-refractivity contribution is 0.0472. The Morgan fingerprint density at radius 2 is 1.75 bits per heavy atom. The number of esters is 2. The second kappa shape index (κ2) is 6.05. The average molecular weight is 279 g/mol. The van der Waals surface area contributed by atoms with Gasteiger partial charge in [-0.05, 0) is 13.8 Å². The lowest BCUT2D eigenvalue weighted by atomic mass is 10.2. The molecule has 0 spiro atoms. The molecule has 0 fully saturated rings. The zero-order valence-electron chi connectivity index (χ0n) is 11.0. The molecule has 20 heavy (non-hydrogen) atoms. The average Bonchev–Trinajstić information content (AvgIpc) is 2.46. The quantitative estimate of drug-likeness (QED) is 0.775. The van der Waals surface area contributed by atoms with Gasteiger partial charge >= 0.3 is 11.9 Å². The molecule has 0 aromatic carbocycles. The fourth-order valence-corrected chi connectivity index (χ4v) is 1.56. The molecule has 0 radical (unpaired) electrons. The molecule has 1 aliphatic rings. The van der Waals surface area contributed by atoms with Crippen molar-refractivity contribution in [3.8, 4) is 11.6 Å². The van der Waals surface area contributed by atoms with Gasteiger partial charge in [-0.1, -0.05) is 0 Å². The summed E-state index contributed by atoms with van der Waals surface area (Å²) in [4.78, 5) is 27.7. The minimum atomic E-state index is -0.725. The molecule has 0 saturated carbocycles. The normalized spacial score (nSPS) is 11.9. The molecule has 2 heterocycles.